The van der Waals surface area contributed by atoms with Crippen molar-refractivity contribution in [3.05, 3.63) is 0 Å². The third-order valence-electron chi connectivity index (χ3n) is 2.91. The van der Waals surface area contributed by atoms with Gasteiger partial charge in [-0.05, 0) is 0 Å². The molecule has 9 heteroatoms. The third-order valence-corrected chi connectivity index (χ3v) is 4.22. The summed E-state index contributed by atoms with van der Waals surface area (Å²) in [7, 11) is 3.07. The zero-order valence-electron chi connectivity index (χ0n) is 11.0. The molecule has 0 spiro atoms. The molecule has 0 N–H and O–H groups in total. The molecule has 2 aliphatic rings. The fourth-order valence-electron chi connectivity index (χ4n) is 1.79. The first-order valence-corrected chi connectivity index (χ1v) is 6.79. The van der Waals surface area contributed by atoms with Crippen LogP contribution in [0.2, 0.25) is 0 Å². The number of thioether (sulfide) groups is 1. The minimum absolute atomic E-state index is 0.0350. The summed E-state index contributed by atoms with van der Waals surface area (Å²) in [6, 6.07) is 0. The molecule has 1 unspecified atom stereocenters. The molecule has 0 saturated carbocycles. The number of hydroxylamine groups is 2. The average Bonchev–Trinajstić information content (AvgIpc) is 2.73. The predicted molar refractivity (Wildman–Crippen MR) is 69.3 cm³/mol. The van der Waals surface area contributed by atoms with Gasteiger partial charge in [0.05, 0.1) is 6.42 Å². The van der Waals surface area contributed by atoms with Crippen LogP contribution in [0.3, 0.4) is 0 Å². The third kappa shape index (κ3) is 2.67. The Labute approximate surface area is 119 Å². The molecule has 3 amide bonds. The summed E-state index contributed by atoms with van der Waals surface area (Å²) in [6.07, 6.45) is 0.00968. The first-order valence-electron chi connectivity index (χ1n) is 5.91. The molecule has 0 bridgehead atoms. The first-order chi connectivity index (χ1) is 9.43. The van der Waals surface area contributed by atoms with Crippen molar-refractivity contribution in [1.82, 2.24) is 9.96 Å². The number of aliphatic imine (C=N–C) groups is 1. The summed E-state index contributed by atoms with van der Waals surface area (Å²) in [5.41, 5.74) is 0. The van der Waals surface area contributed by atoms with E-state index in [0.717, 1.165) is 11.8 Å². The highest BCUT2D eigenvalue weighted by Gasteiger charge is 2.39. The molecular formula is C11H13N3O5S. The van der Waals surface area contributed by atoms with Crippen LogP contribution in [-0.2, 0) is 24.0 Å². The summed E-state index contributed by atoms with van der Waals surface area (Å²) >= 11 is 1.07. The Morgan fingerprint density at radius 3 is 2.40 bits per heavy atom. The standard InChI is InChI=1S/C11H13N3O5S/c1-12-11-13(2)9(17)5-6(20-11)10(18)19-14-7(15)3-4-8(14)16/h6H,3-5H2,1-2H3. The lowest BCUT2D eigenvalue weighted by atomic mass is 10.3. The van der Waals surface area contributed by atoms with E-state index in [1.807, 2.05) is 0 Å². The van der Waals surface area contributed by atoms with E-state index in [1.54, 1.807) is 7.05 Å². The lowest BCUT2D eigenvalue weighted by Crippen LogP contribution is -2.44. The summed E-state index contributed by atoms with van der Waals surface area (Å²) in [5, 5.41) is 0.0648. The summed E-state index contributed by atoms with van der Waals surface area (Å²) in [6.45, 7) is 0. The quantitative estimate of drug-likeness (QED) is 0.640. The molecule has 2 heterocycles. The Morgan fingerprint density at radius 1 is 1.25 bits per heavy atom. The molecule has 108 valence electrons. The molecule has 2 saturated heterocycles. The minimum Gasteiger partial charge on any atom is -0.329 e. The predicted octanol–water partition coefficient (Wildman–Crippen LogP) is -0.457. The Bertz CT molecular complexity index is 502. The molecule has 0 aromatic rings. The fourth-order valence-corrected chi connectivity index (χ4v) is 2.78. The van der Waals surface area contributed by atoms with Gasteiger partial charge in [-0.2, -0.15) is 0 Å². The Balaban J connectivity index is 2.04. The molecule has 8 nitrogen and oxygen atoms in total. The molecular weight excluding hydrogens is 286 g/mol. The van der Waals surface area contributed by atoms with E-state index in [4.69, 9.17) is 4.84 Å². The van der Waals surface area contributed by atoms with Crippen LogP contribution in [-0.4, -0.2) is 58.2 Å². The van der Waals surface area contributed by atoms with Gasteiger partial charge < -0.3 is 4.84 Å². The van der Waals surface area contributed by atoms with Gasteiger partial charge in [-0.25, -0.2) is 4.79 Å². The van der Waals surface area contributed by atoms with E-state index in [1.165, 1.54) is 11.9 Å². The normalized spacial score (nSPS) is 25.6. The molecule has 1 atom stereocenters. The largest absolute Gasteiger partial charge is 0.347 e. The number of hydrogen-bond acceptors (Lipinski definition) is 7. The van der Waals surface area contributed by atoms with Crippen molar-refractivity contribution >= 4 is 40.6 Å². The summed E-state index contributed by atoms with van der Waals surface area (Å²) in [5.74, 6) is -2.15. The number of nitrogens with zero attached hydrogens (tertiary/aromatic N) is 3. The molecule has 0 aromatic carbocycles. The minimum atomic E-state index is -0.807. The van der Waals surface area contributed by atoms with E-state index in [9.17, 15) is 19.2 Å². The highest BCUT2D eigenvalue weighted by atomic mass is 32.2. The van der Waals surface area contributed by atoms with Crippen LogP contribution in [0.4, 0.5) is 0 Å². The number of rotatable bonds is 2. The number of imide groups is 1. The molecule has 2 rings (SSSR count). The zero-order chi connectivity index (χ0) is 14.9. The van der Waals surface area contributed by atoms with Crippen molar-refractivity contribution in [3.8, 4) is 0 Å². The summed E-state index contributed by atoms with van der Waals surface area (Å²) < 4.78 is 0. The maximum Gasteiger partial charge on any atom is 0.347 e. The summed E-state index contributed by atoms with van der Waals surface area (Å²) in [4.78, 5) is 56.4. The Morgan fingerprint density at radius 2 is 1.85 bits per heavy atom. The number of carbonyl (C=O) groups is 4. The van der Waals surface area contributed by atoms with E-state index in [0.29, 0.717) is 10.2 Å². The highest BCUT2D eigenvalue weighted by molar-refractivity contribution is 8.15. The van der Waals surface area contributed by atoms with E-state index in [-0.39, 0.29) is 25.2 Å². The molecule has 0 aromatic heterocycles. The van der Waals surface area contributed by atoms with Crippen LogP contribution in [0, 0.1) is 0 Å². The van der Waals surface area contributed by atoms with Crippen LogP contribution in [0.25, 0.3) is 0 Å². The second-order valence-electron chi connectivity index (χ2n) is 4.26. The number of carbonyl (C=O) groups excluding carboxylic acids is 4. The average molecular weight is 299 g/mol. The van der Waals surface area contributed by atoms with Crippen molar-refractivity contribution in [2.75, 3.05) is 14.1 Å². The lowest BCUT2D eigenvalue weighted by molar-refractivity contribution is -0.197. The van der Waals surface area contributed by atoms with Crippen LogP contribution < -0.4 is 0 Å². The van der Waals surface area contributed by atoms with Gasteiger partial charge in [-0.3, -0.25) is 24.3 Å². The second kappa shape index (κ2) is 5.61. The van der Waals surface area contributed by atoms with Crippen molar-refractivity contribution in [2.24, 2.45) is 4.99 Å². The van der Waals surface area contributed by atoms with Gasteiger partial charge in [-0.1, -0.05) is 11.8 Å². The fraction of sp³-hybridized carbons (Fsp3) is 0.545. The van der Waals surface area contributed by atoms with Crippen LogP contribution >= 0.6 is 11.8 Å². The maximum atomic E-state index is 11.9. The maximum absolute atomic E-state index is 11.9. The van der Waals surface area contributed by atoms with Gasteiger partial charge in [-0.15, -0.1) is 5.06 Å². The molecule has 2 fully saturated rings. The van der Waals surface area contributed by atoms with Crippen LogP contribution in [0.15, 0.2) is 4.99 Å². The zero-order valence-corrected chi connectivity index (χ0v) is 11.8. The van der Waals surface area contributed by atoms with Crippen LogP contribution in [0.1, 0.15) is 19.3 Å². The van der Waals surface area contributed by atoms with E-state index < -0.39 is 23.0 Å². The van der Waals surface area contributed by atoms with Gasteiger partial charge in [0.15, 0.2) is 5.17 Å². The Kier molecular flexibility index (Phi) is 4.07. The highest BCUT2D eigenvalue weighted by Crippen LogP contribution is 2.27. The van der Waals surface area contributed by atoms with Crippen molar-refractivity contribution in [1.29, 1.82) is 0 Å². The van der Waals surface area contributed by atoms with Gasteiger partial charge in [0, 0.05) is 26.9 Å². The van der Waals surface area contributed by atoms with Gasteiger partial charge in [0.2, 0.25) is 5.91 Å². The van der Waals surface area contributed by atoms with Crippen molar-refractivity contribution < 1.29 is 24.0 Å². The molecule has 2 aliphatic heterocycles. The Hall–Kier alpha value is -1.90. The van der Waals surface area contributed by atoms with Gasteiger partial charge in [0.1, 0.15) is 5.25 Å². The SMILES string of the molecule is CN=C1SC(C(=O)ON2C(=O)CCC2=O)CC(=O)N1C. The van der Waals surface area contributed by atoms with Crippen molar-refractivity contribution in [3.63, 3.8) is 0 Å². The smallest absolute Gasteiger partial charge is 0.329 e. The number of amidine groups is 1. The second-order valence-corrected chi connectivity index (χ2v) is 5.43. The monoisotopic (exact) mass is 299 g/mol. The molecule has 0 radical (unpaired) electrons. The van der Waals surface area contributed by atoms with Crippen LogP contribution in [0.5, 0.6) is 0 Å². The number of amides is 3. The topological polar surface area (TPSA) is 96.3 Å². The van der Waals surface area contributed by atoms with E-state index >= 15 is 0 Å². The molecule has 20 heavy (non-hydrogen) atoms. The van der Waals surface area contributed by atoms with E-state index in [2.05, 4.69) is 4.99 Å². The lowest BCUT2D eigenvalue weighted by Gasteiger charge is -2.28. The first kappa shape index (κ1) is 14.5. The van der Waals surface area contributed by atoms with Gasteiger partial charge in [0.25, 0.3) is 11.8 Å². The molecule has 0 aliphatic carbocycles. The van der Waals surface area contributed by atoms with Crippen molar-refractivity contribution in [2.45, 2.75) is 24.5 Å². The van der Waals surface area contributed by atoms with Gasteiger partial charge >= 0.3 is 5.97 Å². The number of hydrogen-bond donors (Lipinski definition) is 0.